The Morgan fingerprint density at radius 1 is 1.20 bits per heavy atom. The van der Waals surface area contributed by atoms with E-state index < -0.39 is 0 Å². The van der Waals surface area contributed by atoms with Gasteiger partial charge in [-0.3, -0.25) is 4.90 Å². The molecule has 0 saturated carbocycles. The molecular weight excluding hydrogens is 252 g/mol. The third-order valence-corrected chi connectivity index (χ3v) is 3.99. The third kappa shape index (κ3) is 7.58. The molecule has 0 aromatic rings. The van der Waals surface area contributed by atoms with Gasteiger partial charge in [0.05, 0.1) is 13.2 Å². The average Bonchev–Trinajstić information content (AvgIpc) is 2.40. The molecule has 2 N–H and O–H groups in total. The first-order valence-corrected chi connectivity index (χ1v) is 8.02. The summed E-state index contributed by atoms with van der Waals surface area (Å²) in [5.74, 6) is 0. The molecule has 122 valence electrons. The topological polar surface area (TPSA) is 44.7 Å². The molecule has 0 aliphatic heterocycles. The minimum atomic E-state index is -0.127. The summed E-state index contributed by atoms with van der Waals surface area (Å²) in [4.78, 5) is 2.44. The molecule has 0 heterocycles. The highest BCUT2D eigenvalue weighted by Crippen LogP contribution is 2.18. The summed E-state index contributed by atoms with van der Waals surface area (Å²) >= 11 is 0. The second-order valence-electron chi connectivity index (χ2n) is 6.32. The Kier molecular flexibility index (Phi) is 10.5. The summed E-state index contributed by atoms with van der Waals surface area (Å²) in [6, 6.07) is 0.935. The van der Waals surface area contributed by atoms with Gasteiger partial charge in [-0.1, -0.05) is 20.8 Å². The average molecular weight is 288 g/mol. The van der Waals surface area contributed by atoms with Crippen molar-refractivity contribution >= 4 is 0 Å². The number of nitrogens with one attached hydrogen (secondary N) is 1. The van der Waals surface area contributed by atoms with Crippen LogP contribution in [-0.2, 0) is 4.74 Å². The maximum Gasteiger partial charge on any atom is 0.0613 e. The van der Waals surface area contributed by atoms with Gasteiger partial charge < -0.3 is 15.2 Å². The van der Waals surface area contributed by atoms with Gasteiger partial charge in [-0.05, 0) is 39.7 Å². The van der Waals surface area contributed by atoms with E-state index in [-0.39, 0.29) is 12.1 Å². The Morgan fingerprint density at radius 2 is 1.85 bits per heavy atom. The summed E-state index contributed by atoms with van der Waals surface area (Å²) in [6.45, 7) is 13.9. The van der Waals surface area contributed by atoms with Crippen LogP contribution in [0.5, 0.6) is 0 Å². The van der Waals surface area contributed by atoms with E-state index in [1.54, 1.807) is 7.11 Å². The van der Waals surface area contributed by atoms with Crippen LogP contribution in [0.3, 0.4) is 0 Å². The van der Waals surface area contributed by atoms with E-state index in [0.29, 0.717) is 12.1 Å². The van der Waals surface area contributed by atoms with Gasteiger partial charge >= 0.3 is 0 Å². The van der Waals surface area contributed by atoms with Crippen LogP contribution in [0.4, 0.5) is 0 Å². The highest BCUT2D eigenvalue weighted by Gasteiger charge is 2.27. The van der Waals surface area contributed by atoms with Crippen molar-refractivity contribution in [2.75, 3.05) is 33.4 Å². The summed E-state index contributed by atoms with van der Waals surface area (Å²) in [7, 11) is 1.75. The minimum Gasteiger partial charge on any atom is -0.394 e. The van der Waals surface area contributed by atoms with Crippen LogP contribution in [0.25, 0.3) is 0 Å². The number of aliphatic hydroxyl groups is 1. The van der Waals surface area contributed by atoms with Crippen molar-refractivity contribution in [2.45, 2.75) is 71.5 Å². The van der Waals surface area contributed by atoms with Gasteiger partial charge in [0.25, 0.3) is 0 Å². The van der Waals surface area contributed by atoms with Gasteiger partial charge in [0, 0.05) is 31.3 Å². The highest BCUT2D eigenvalue weighted by atomic mass is 16.5. The Morgan fingerprint density at radius 3 is 2.25 bits per heavy atom. The summed E-state index contributed by atoms with van der Waals surface area (Å²) in [6.07, 6.45) is 3.06. The molecule has 0 aliphatic rings. The zero-order valence-electron chi connectivity index (χ0n) is 14.4. The standard InChI is InChI=1S/C16H36N2O2/c1-7-16(13-19,17-14(2)3)9-8-10-18(15(4)5)11-12-20-6/h14-15,17,19H,7-13H2,1-6H3. The molecule has 0 radical (unpaired) electrons. The van der Waals surface area contributed by atoms with Gasteiger partial charge in [0.1, 0.15) is 0 Å². The quantitative estimate of drug-likeness (QED) is 0.578. The predicted molar refractivity (Wildman–Crippen MR) is 86.2 cm³/mol. The normalized spacial score (nSPS) is 15.3. The lowest BCUT2D eigenvalue weighted by Gasteiger charge is -2.35. The number of nitrogens with zero attached hydrogens (tertiary/aromatic N) is 1. The molecule has 1 atom stereocenters. The fourth-order valence-electron chi connectivity index (χ4n) is 2.66. The molecule has 1 unspecified atom stereocenters. The van der Waals surface area contributed by atoms with E-state index in [4.69, 9.17) is 4.74 Å². The molecule has 0 fully saturated rings. The number of rotatable bonds is 12. The van der Waals surface area contributed by atoms with E-state index in [0.717, 1.165) is 39.0 Å². The number of ether oxygens (including phenoxy) is 1. The lowest BCUT2D eigenvalue weighted by Crippen LogP contribution is -2.51. The van der Waals surface area contributed by atoms with Crippen LogP contribution in [-0.4, -0.2) is 61.0 Å². The maximum absolute atomic E-state index is 9.75. The van der Waals surface area contributed by atoms with Crippen LogP contribution >= 0.6 is 0 Å². The largest absolute Gasteiger partial charge is 0.394 e. The Hall–Kier alpha value is -0.160. The molecule has 0 aliphatic carbocycles. The van der Waals surface area contributed by atoms with Crippen molar-refractivity contribution in [3.8, 4) is 0 Å². The first-order valence-electron chi connectivity index (χ1n) is 8.02. The fourth-order valence-corrected chi connectivity index (χ4v) is 2.66. The first-order chi connectivity index (χ1) is 9.40. The lowest BCUT2D eigenvalue weighted by molar-refractivity contribution is 0.110. The van der Waals surface area contributed by atoms with Crippen molar-refractivity contribution in [3.05, 3.63) is 0 Å². The van der Waals surface area contributed by atoms with Crippen molar-refractivity contribution < 1.29 is 9.84 Å². The van der Waals surface area contributed by atoms with Gasteiger partial charge in [-0.2, -0.15) is 0 Å². The smallest absolute Gasteiger partial charge is 0.0613 e. The zero-order chi connectivity index (χ0) is 15.6. The summed E-state index contributed by atoms with van der Waals surface area (Å²) in [5, 5.41) is 13.3. The monoisotopic (exact) mass is 288 g/mol. The van der Waals surface area contributed by atoms with E-state index >= 15 is 0 Å². The van der Waals surface area contributed by atoms with Gasteiger partial charge in [-0.25, -0.2) is 0 Å². The van der Waals surface area contributed by atoms with Crippen molar-refractivity contribution in [1.29, 1.82) is 0 Å². The van der Waals surface area contributed by atoms with Crippen LogP contribution < -0.4 is 5.32 Å². The van der Waals surface area contributed by atoms with Crippen molar-refractivity contribution in [2.24, 2.45) is 0 Å². The van der Waals surface area contributed by atoms with Crippen LogP contribution in [0.1, 0.15) is 53.9 Å². The predicted octanol–water partition coefficient (Wildman–Crippen LogP) is 2.26. The molecule has 0 aromatic heterocycles. The molecule has 0 spiro atoms. The van der Waals surface area contributed by atoms with Crippen LogP contribution in [0.2, 0.25) is 0 Å². The molecule has 20 heavy (non-hydrogen) atoms. The van der Waals surface area contributed by atoms with E-state index in [1.807, 2.05) is 0 Å². The third-order valence-electron chi connectivity index (χ3n) is 3.99. The SMILES string of the molecule is CCC(CO)(CCCN(CCOC)C(C)C)NC(C)C. The number of methoxy groups -OCH3 is 1. The van der Waals surface area contributed by atoms with Gasteiger partial charge in [0.15, 0.2) is 0 Å². The second-order valence-corrected chi connectivity index (χ2v) is 6.32. The summed E-state index contributed by atoms with van der Waals surface area (Å²) < 4.78 is 5.17. The minimum absolute atomic E-state index is 0.127. The molecule has 4 nitrogen and oxygen atoms in total. The molecule has 0 bridgehead atoms. The molecule has 0 aromatic carbocycles. The number of hydrogen-bond donors (Lipinski definition) is 2. The number of hydrogen-bond acceptors (Lipinski definition) is 4. The molecule has 0 rings (SSSR count). The van der Waals surface area contributed by atoms with E-state index in [9.17, 15) is 5.11 Å². The van der Waals surface area contributed by atoms with E-state index in [1.165, 1.54) is 0 Å². The van der Waals surface area contributed by atoms with Gasteiger partial charge in [-0.15, -0.1) is 0 Å². The van der Waals surface area contributed by atoms with Gasteiger partial charge in [0.2, 0.25) is 0 Å². The molecule has 4 heteroatoms. The summed E-state index contributed by atoms with van der Waals surface area (Å²) in [5.41, 5.74) is -0.127. The van der Waals surface area contributed by atoms with Crippen molar-refractivity contribution in [3.63, 3.8) is 0 Å². The molecule has 0 saturated heterocycles. The van der Waals surface area contributed by atoms with Crippen LogP contribution in [0.15, 0.2) is 0 Å². The van der Waals surface area contributed by atoms with Crippen molar-refractivity contribution in [1.82, 2.24) is 10.2 Å². The van der Waals surface area contributed by atoms with Crippen LogP contribution in [0, 0.1) is 0 Å². The Bertz CT molecular complexity index is 229. The Labute approximate surface area is 125 Å². The number of aliphatic hydroxyl groups excluding tert-OH is 1. The first kappa shape index (κ1) is 19.8. The zero-order valence-corrected chi connectivity index (χ0v) is 14.4. The highest BCUT2D eigenvalue weighted by molar-refractivity contribution is 4.87. The lowest BCUT2D eigenvalue weighted by atomic mass is 9.90. The fraction of sp³-hybridized carbons (Fsp3) is 1.00. The maximum atomic E-state index is 9.75. The van der Waals surface area contributed by atoms with E-state index in [2.05, 4.69) is 44.8 Å². The molecular formula is C16H36N2O2. The second kappa shape index (κ2) is 10.6. The molecule has 0 amide bonds. The Balaban J connectivity index is 4.32.